The molecule has 268 valence electrons. The summed E-state index contributed by atoms with van der Waals surface area (Å²) >= 11 is 3.63. The van der Waals surface area contributed by atoms with Crippen molar-refractivity contribution in [2.75, 3.05) is 0 Å². The van der Waals surface area contributed by atoms with Crippen molar-refractivity contribution in [1.29, 1.82) is 0 Å². The molecule has 0 atom stereocenters. The van der Waals surface area contributed by atoms with E-state index in [0.717, 1.165) is 44.5 Å². The molecule has 0 amide bonds. The molecule has 7 heteroatoms. The van der Waals surface area contributed by atoms with Crippen molar-refractivity contribution in [2.45, 2.75) is 0 Å². The molecule has 4 nitrogen and oxygen atoms in total. The zero-order valence-corrected chi connectivity index (χ0v) is 31.9. The first kappa shape index (κ1) is 33.4. The van der Waals surface area contributed by atoms with Gasteiger partial charge >= 0.3 is 0 Å². The fourth-order valence-electron chi connectivity index (χ4n) is 7.61. The molecule has 0 fully saturated rings. The fourth-order valence-corrected chi connectivity index (χ4v) is 9.78. The second-order valence-corrected chi connectivity index (χ2v) is 16.2. The van der Waals surface area contributed by atoms with Gasteiger partial charge in [0.15, 0.2) is 17.5 Å². The van der Waals surface area contributed by atoms with Gasteiger partial charge in [-0.3, -0.25) is 4.98 Å². The normalized spacial score (nSPS) is 11.6. The summed E-state index contributed by atoms with van der Waals surface area (Å²) in [7, 11) is 0. The highest BCUT2D eigenvalue weighted by atomic mass is 32.1. The minimum absolute atomic E-state index is 0.317. The lowest BCUT2D eigenvalue weighted by molar-refractivity contribution is 0.628. The van der Waals surface area contributed by atoms with E-state index in [-0.39, 0.29) is 5.82 Å². The summed E-state index contributed by atoms with van der Waals surface area (Å²) in [6, 6.07) is 55.7. The zero-order chi connectivity index (χ0) is 37.9. The highest BCUT2D eigenvalue weighted by Gasteiger charge is 2.17. The topological polar surface area (TPSA) is 51.6 Å². The number of hydrogen-bond acceptors (Lipinski definition) is 6. The van der Waals surface area contributed by atoms with Crippen LogP contribution in [0.4, 0.5) is 4.39 Å². The Bertz CT molecular complexity index is 3170. The van der Waals surface area contributed by atoms with Crippen LogP contribution in [0.25, 0.3) is 108 Å². The van der Waals surface area contributed by atoms with E-state index in [0.29, 0.717) is 23.0 Å². The van der Waals surface area contributed by atoms with E-state index in [1.807, 2.05) is 53.1 Å². The molecule has 0 saturated carbocycles. The first-order chi connectivity index (χ1) is 28.1. The number of thiophene rings is 2. The van der Waals surface area contributed by atoms with Crippen LogP contribution in [0.3, 0.4) is 0 Å². The smallest absolute Gasteiger partial charge is 0.164 e. The van der Waals surface area contributed by atoms with E-state index in [4.69, 9.17) is 15.0 Å². The average molecular weight is 769 g/mol. The molecule has 7 aromatic carbocycles. The van der Waals surface area contributed by atoms with Crippen molar-refractivity contribution in [3.63, 3.8) is 0 Å². The third-order valence-corrected chi connectivity index (χ3v) is 12.8. The number of halogens is 1. The van der Waals surface area contributed by atoms with Crippen molar-refractivity contribution >= 4 is 63.0 Å². The largest absolute Gasteiger partial charge is 0.264 e. The van der Waals surface area contributed by atoms with Crippen molar-refractivity contribution in [3.05, 3.63) is 182 Å². The molecule has 11 rings (SSSR count). The molecule has 4 aromatic heterocycles. The Morgan fingerprint density at radius 1 is 0.333 bits per heavy atom. The van der Waals surface area contributed by atoms with Gasteiger partial charge in [0.05, 0.1) is 0 Å². The van der Waals surface area contributed by atoms with Gasteiger partial charge in [-0.05, 0) is 118 Å². The predicted molar refractivity (Wildman–Crippen MR) is 236 cm³/mol. The van der Waals surface area contributed by atoms with E-state index in [9.17, 15) is 4.39 Å². The maximum Gasteiger partial charge on any atom is 0.164 e. The van der Waals surface area contributed by atoms with Crippen LogP contribution in [0.15, 0.2) is 176 Å². The molecule has 0 radical (unpaired) electrons. The number of pyridine rings is 1. The van der Waals surface area contributed by atoms with Crippen LogP contribution in [0.2, 0.25) is 0 Å². The first-order valence-corrected chi connectivity index (χ1v) is 20.2. The monoisotopic (exact) mass is 768 g/mol. The minimum Gasteiger partial charge on any atom is -0.264 e. The van der Waals surface area contributed by atoms with Gasteiger partial charge in [0.1, 0.15) is 5.82 Å². The summed E-state index contributed by atoms with van der Waals surface area (Å²) in [5.74, 6) is 1.21. The molecule has 4 heterocycles. The van der Waals surface area contributed by atoms with Crippen LogP contribution >= 0.6 is 22.7 Å². The lowest BCUT2D eigenvalue weighted by atomic mass is 9.94. The molecule has 0 N–H and O–H groups in total. The zero-order valence-electron chi connectivity index (χ0n) is 30.2. The molecular weight excluding hydrogens is 740 g/mol. The van der Waals surface area contributed by atoms with Gasteiger partial charge in [0.2, 0.25) is 0 Å². The van der Waals surface area contributed by atoms with E-state index in [1.165, 1.54) is 52.5 Å². The van der Waals surface area contributed by atoms with Gasteiger partial charge in [-0.2, -0.15) is 0 Å². The van der Waals surface area contributed by atoms with Gasteiger partial charge in [-0.15, -0.1) is 22.7 Å². The standard InChI is InChI=1S/C50H29FN4S2/c51-39-19-15-32(16-20-39)49-53-48(31-13-11-30(12-14-31)35-6-5-23-52-29-35)54-50(55-49)38-25-36(33-17-21-46-42(27-33)40-7-1-3-9-44(40)56-46)24-37(26-38)34-18-22-47-43(28-34)41-8-2-4-10-45(41)57-47/h1-29H. The molecule has 0 aliphatic rings. The molecular formula is C50H29FN4S2. The Labute approximate surface area is 335 Å². The second-order valence-electron chi connectivity index (χ2n) is 14.0. The summed E-state index contributed by atoms with van der Waals surface area (Å²) in [5.41, 5.74) is 8.80. The third kappa shape index (κ3) is 6.14. The van der Waals surface area contributed by atoms with Crippen molar-refractivity contribution in [2.24, 2.45) is 0 Å². The Hall–Kier alpha value is -6.93. The first-order valence-electron chi connectivity index (χ1n) is 18.6. The van der Waals surface area contributed by atoms with Crippen LogP contribution in [0, 0.1) is 5.82 Å². The lowest BCUT2D eigenvalue weighted by Crippen LogP contribution is -2.01. The number of benzene rings is 7. The highest BCUT2D eigenvalue weighted by molar-refractivity contribution is 7.26. The van der Waals surface area contributed by atoms with Gasteiger partial charge in [-0.1, -0.05) is 78.9 Å². The van der Waals surface area contributed by atoms with Crippen molar-refractivity contribution in [3.8, 4) is 67.5 Å². The molecule has 0 unspecified atom stereocenters. The Balaban J connectivity index is 1.12. The molecule has 11 aromatic rings. The quantitative estimate of drug-likeness (QED) is 0.169. The summed E-state index contributed by atoms with van der Waals surface area (Å²) in [5, 5.41) is 4.99. The van der Waals surface area contributed by atoms with Crippen LogP contribution < -0.4 is 0 Å². The van der Waals surface area contributed by atoms with Gasteiger partial charge < -0.3 is 0 Å². The van der Waals surface area contributed by atoms with Gasteiger partial charge in [0, 0.05) is 69.4 Å². The number of rotatable bonds is 6. The van der Waals surface area contributed by atoms with Crippen molar-refractivity contribution < 1.29 is 4.39 Å². The summed E-state index contributed by atoms with van der Waals surface area (Å²) in [6.07, 6.45) is 3.62. The Morgan fingerprint density at radius 2 is 0.789 bits per heavy atom. The lowest BCUT2D eigenvalue weighted by Gasteiger charge is -2.13. The highest BCUT2D eigenvalue weighted by Crippen LogP contribution is 2.41. The maximum atomic E-state index is 14.1. The van der Waals surface area contributed by atoms with E-state index in [2.05, 4.69) is 120 Å². The van der Waals surface area contributed by atoms with Crippen LogP contribution in [-0.2, 0) is 0 Å². The van der Waals surface area contributed by atoms with Crippen molar-refractivity contribution in [1.82, 2.24) is 19.9 Å². The molecule has 0 bridgehead atoms. The molecule has 0 spiro atoms. The Kier molecular flexibility index (Phi) is 8.01. The summed E-state index contributed by atoms with van der Waals surface area (Å²) in [6.45, 7) is 0. The molecule has 57 heavy (non-hydrogen) atoms. The van der Waals surface area contributed by atoms with E-state index >= 15 is 0 Å². The van der Waals surface area contributed by atoms with Crippen LogP contribution in [0.5, 0.6) is 0 Å². The maximum absolute atomic E-state index is 14.1. The van der Waals surface area contributed by atoms with E-state index in [1.54, 1.807) is 18.3 Å². The predicted octanol–water partition coefficient (Wildman–Crippen LogP) is 14.1. The SMILES string of the molecule is Fc1ccc(-c2nc(-c3ccc(-c4cccnc4)cc3)nc(-c3cc(-c4ccc5sc6ccccc6c5c4)cc(-c4ccc5sc6ccccc6c5c4)c3)n2)cc1. The number of nitrogens with zero attached hydrogens (tertiary/aromatic N) is 4. The van der Waals surface area contributed by atoms with Gasteiger partial charge in [0.25, 0.3) is 0 Å². The third-order valence-electron chi connectivity index (χ3n) is 10.5. The summed E-state index contributed by atoms with van der Waals surface area (Å²) < 4.78 is 19.2. The number of aromatic nitrogens is 4. The average Bonchev–Trinajstić information content (AvgIpc) is 3.84. The van der Waals surface area contributed by atoms with Crippen LogP contribution in [0.1, 0.15) is 0 Å². The number of hydrogen-bond donors (Lipinski definition) is 0. The van der Waals surface area contributed by atoms with Gasteiger partial charge in [-0.25, -0.2) is 19.3 Å². The Morgan fingerprint density at radius 3 is 1.33 bits per heavy atom. The second kappa shape index (κ2) is 13.7. The summed E-state index contributed by atoms with van der Waals surface area (Å²) in [4.78, 5) is 19.5. The molecule has 0 aliphatic heterocycles. The fraction of sp³-hybridized carbons (Fsp3) is 0. The van der Waals surface area contributed by atoms with E-state index < -0.39 is 0 Å². The molecule has 0 aliphatic carbocycles. The molecule has 0 saturated heterocycles. The minimum atomic E-state index is -0.317. The van der Waals surface area contributed by atoms with Crippen LogP contribution in [-0.4, -0.2) is 19.9 Å². The number of fused-ring (bicyclic) bond motifs is 6.